The Morgan fingerprint density at radius 3 is 2.67 bits per heavy atom. The predicted octanol–water partition coefficient (Wildman–Crippen LogP) is 2.47. The van der Waals surface area contributed by atoms with Crippen LogP contribution in [0, 0.1) is 11.2 Å². The lowest BCUT2D eigenvalue weighted by Crippen LogP contribution is -1.65. The van der Waals surface area contributed by atoms with Gasteiger partial charge in [-0.2, -0.15) is 0 Å². The smallest absolute Gasteiger partial charge is 0.00973 e. The van der Waals surface area contributed by atoms with Crippen molar-refractivity contribution in [3.05, 3.63) is 0 Å². The molecule has 9 heavy (non-hydrogen) atoms. The molecule has 0 nitrogen and oxygen atoms in total. The van der Waals surface area contributed by atoms with Crippen LogP contribution in [0.1, 0.15) is 26.2 Å². The van der Waals surface area contributed by atoms with Crippen molar-refractivity contribution in [2.75, 3.05) is 6.26 Å². The lowest BCUT2D eigenvalue weighted by Gasteiger charge is -1.83. The molecule has 0 spiro atoms. The minimum atomic E-state index is 0.0699. The van der Waals surface area contributed by atoms with Gasteiger partial charge in [0.1, 0.15) is 0 Å². The minimum absolute atomic E-state index is 0.0699. The molecule has 1 unspecified atom stereocenters. The van der Waals surface area contributed by atoms with Crippen LogP contribution in [0.4, 0.5) is 0 Å². The Morgan fingerprint density at radius 1 is 1.56 bits per heavy atom. The van der Waals surface area contributed by atoms with Gasteiger partial charge in [-0.25, -0.2) is 0 Å². The van der Waals surface area contributed by atoms with Gasteiger partial charge in [0.05, 0.1) is 0 Å². The van der Waals surface area contributed by atoms with E-state index >= 15 is 0 Å². The largest absolute Gasteiger partial charge is 0.122 e. The number of hydrogen-bond donors (Lipinski definition) is 0. The Hall–Kier alpha value is -0.220. The van der Waals surface area contributed by atoms with Gasteiger partial charge in [0.2, 0.25) is 0 Å². The van der Waals surface area contributed by atoms with Crippen molar-refractivity contribution in [1.29, 1.82) is 0 Å². The van der Waals surface area contributed by atoms with Gasteiger partial charge < -0.3 is 0 Å². The van der Waals surface area contributed by atoms with Crippen molar-refractivity contribution in [1.82, 2.24) is 0 Å². The fourth-order valence-corrected chi connectivity index (χ4v) is 0.788. The highest BCUT2D eigenvalue weighted by Gasteiger charge is 1.74. The second-order valence-corrected chi connectivity index (χ2v) is 3.50. The number of unbranched alkanes of at least 4 members (excludes halogenated alkanes) is 2. The number of hydrogen-bond acceptors (Lipinski definition) is 0. The molecule has 0 fully saturated rings. The molecule has 0 aromatic carbocycles. The highest BCUT2D eigenvalue weighted by atomic mass is 32.2. The van der Waals surface area contributed by atoms with E-state index < -0.39 is 0 Å². The van der Waals surface area contributed by atoms with Crippen molar-refractivity contribution in [3.8, 4) is 11.2 Å². The van der Waals surface area contributed by atoms with Crippen LogP contribution in [0.5, 0.6) is 0 Å². The Morgan fingerprint density at radius 2 is 2.22 bits per heavy atom. The van der Waals surface area contributed by atoms with E-state index in [0.29, 0.717) is 0 Å². The van der Waals surface area contributed by atoms with Gasteiger partial charge in [-0.05, 0) is 17.9 Å². The molecule has 0 saturated carbocycles. The topological polar surface area (TPSA) is 0 Å². The average Bonchev–Trinajstić information content (AvgIpc) is 1.80. The van der Waals surface area contributed by atoms with Crippen molar-refractivity contribution in [2.24, 2.45) is 0 Å². The van der Waals surface area contributed by atoms with Crippen LogP contribution in [0.25, 0.3) is 0 Å². The van der Waals surface area contributed by atoms with Crippen LogP contribution in [0.2, 0.25) is 0 Å². The van der Waals surface area contributed by atoms with Crippen molar-refractivity contribution in [3.63, 3.8) is 0 Å². The Labute approximate surface area is 60.6 Å². The molecule has 0 N–H and O–H groups in total. The van der Waals surface area contributed by atoms with Gasteiger partial charge in [0.25, 0.3) is 0 Å². The normalized spacial score (nSPS) is 11.8. The fourth-order valence-electron chi connectivity index (χ4n) is 0.439. The van der Waals surface area contributed by atoms with E-state index in [0.717, 1.165) is 6.42 Å². The third-order valence-electron chi connectivity index (χ3n) is 0.902. The molecule has 0 aromatic heterocycles. The lowest BCUT2D eigenvalue weighted by atomic mass is 10.3. The third-order valence-corrected chi connectivity index (χ3v) is 1.39. The summed E-state index contributed by atoms with van der Waals surface area (Å²) in [7, 11) is 0.0699. The van der Waals surface area contributed by atoms with Gasteiger partial charge in [-0.3, -0.25) is 0 Å². The summed E-state index contributed by atoms with van der Waals surface area (Å²) in [4.78, 5) is 0. The van der Waals surface area contributed by atoms with E-state index in [9.17, 15) is 0 Å². The summed E-state index contributed by atoms with van der Waals surface area (Å²) in [6.45, 7) is 2.18. The standard InChI is InChI=1S/C8H14S/c1-4-5-6-7-8-9(2)3/h2,4-6H2,1,3H3. The molecule has 0 aliphatic carbocycles. The maximum absolute atomic E-state index is 3.79. The van der Waals surface area contributed by atoms with Gasteiger partial charge in [-0.1, -0.05) is 25.1 Å². The molecule has 0 bridgehead atoms. The zero-order valence-corrected chi connectivity index (χ0v) is 7.05. The minimum Gasteiger partial charge on any atom is -0.122 e. The van der Waals surface area contributed by atoms with E-state index in [1.807, 2.05) is 6.26 Å². The molecule has 0 heterocycles. The van der Waals surface area contributed by atoms with Crippen LogP contribution >= 0.6 is 10.5 Å². The molecule has 0 aromatic rings. The summed E-state index contributed by atoms with van der Waals surface area (Å²) < 4.78 is 0. The zero-order chi connectivity index (χ0) is 7.11. The average molecular weight is 142 g/mol. The van der Waals surface area contributed by atoms with Crippen LogP contribution in [-0.4, -0.2) is 12.1 Å². The van der Waals surface area contributed by atoms with Crippen molar-refractivity contribution < 1.29 is 0 Å². The van der Waals surface area contributed by atoms with Crippen LogP contribution in [0.15, 0.2) is 0 Å². The first-order valence-electron chi connectivity index (χ1n) is 3.21. The SMILES string of the molecule is C=S(C)C#CCCCC. The maximum Gasteiger partial charge on any atom is 0.00973 e. The summed E-state index contributed by atoms with van der Waals surface area (Å²) in [6.07, 6.45) is 5.55. The first kappa shape index (κ1) is 8.78. The second kappa shape index (κ2) is 5.91. The fraction of sp³-hybridized carbons (Fsp3) is 0.625. The molecular weight excluding hydrogens is 128 g/mol. The van der Waals surface area contributed by atoms with Gasteiger partial charge in [0, 0.05) is 6.42 Å². The third kappa shape index (κ3) is 7.78. The molecule has 0 aliphatic heterocycles. The Balaban J connectivity index is 3.27. The van der Waals surface area contributed by atoms with E-state index in [1.54, 1.807) is 0 Å². The molecule has 0 aliphatic rings. The molecule has 52 valence electrons. The molecule has 0 rings (SSSR count). The van der Waals surface area contributed by atoms with Gasteiger partial charge in [-0.15, -0.1) is 10.5 Å². The number of rotatable bonds is 2. The Kier molecular flexibility index (Phi) is 5.76. The monoisotopic (exact) mass is 142 g/mol. The lowest BCUT2D eigenvalue weighted by molar-refractivity contribution is 0.828. The summed E-state index contributed by atoms with van der Waals surface area (Å²) in [5, 5.41) is 3.05. The zero-order valence-electron chi connectivity index (χ0n) is 6.24. The van der Waals surface area contributed by atoms with Crippen LogP contribution < -0.4 is 0 Å². The highest BCUT2D eigenvalue weighted by Crippen LogP contribution is 1.98. The molecular formula is C8H14S. The Bertz CT molecular complexity index is 136. The highest BCUT2D eigenvalue weighted by molar-refractivity contribution is 8.17. The molecule has 0 saturated heterocycles. The summed E-state index contributed by atoms with van der Waals surface area (Å²) in [6, 6.07) is 0. The van der Waals surface area contributed by atoms with E-state index in [2.05, 4.69) is 24.0 Å². The van der Waals surface area contributed by atoms with Gasteiger partial charge in [0.15, 0.2) is 0 Å². The van der Waals surface area contributed by atoms with Crippen molar-refractivity contribution >= 4 is 16.4 Å². The quantitative estimate of drug-likeness (QED) is 0.315. The second-order valence-electron chi connectivity index (χ2n) is 2.02. The van der Waals surface area contributed by atoms with E-state index in [4.69, 9.17) is 0 Å². The predicted molar refractivity (Wildman–Crippen MR) is 47.9 cm³/mol. The first-order chi connectivity index (χ1) is 4.27. The summed E-state index contributed by atoms with van der Waals surface area (Å²) in [5.41, 5.74) is 0. The van der Waals surface area contributed by atoms with E-state index in [-0.39, 0.29) is 10.5 Å². The van der Waals surface area contributed by atoms with E-state index in [1.165, 1.54) is 12.8 Å². The molecule has 0 amide bonds. The van der Waals surface area contributed by atoms with Gasteiger partial charge >= 0.3 is 0 Å². The summed E-state index contributed by atoms with van der Waals surface area (Å²) >= 11 is 0. The van der Waals surface area contributed by atoms with Crippen LogP contribution in [0.3, 0.4) is 0 Å². The summed E-state index contributed by atoms with van der Waals surface area (Å²) in [5.74, 6) is 6.88. The molecule has 1 heteroatoms. The molecule has 1 atom stereocenters. The first-order valence-corrected chi connectivity index (χ1v) is 5.01. The van der Waals surface area contributed by atoms with Crippen molar-refractivity contribution in [2.45, 2.75) is 26.2 Å². The maximum atomic E-state index is 3.79. The molecule has 0 radical (unpaired) electrons. The van der Waals surface area contributed by atoms with Crippen LogP contribution in [-0.2, 0) is 0 Å².